The number of hydrogen-bond acceptors (Lipinski definition) is 2. The van der Waals surface area contributed by atoms with Gasteiger partial charge in [0, 0.05) is 6.04 Å². The molecule has 1 aromatic heterocycles. The lowest BCUT2D eigenvalue weighted by Gasteiger charge is -2.33. The van der Waals surface area contributed by atoms with Crippen LogP contribution in [0.2, 0.25) is 0 Å². The summed E-state index contributed by atoms with van der Waals surface area (Å²) in [7, 11) is 0. The van der Waals surface area contributed by atoms with Crippen LogP contribution in [0.15, 0.2) is 16.8 Å². The predicted molar refractivity (Wildman–Crippen MR) is 67.8 cm³/mol. The van der Waals surface area contributed by atoms with E-state index in [0.29, 0.717) is 19.4 Å². The van der Waals surface area contributed by atoms with Crippen molar-refractivity contribution in [3.05, 3.63) is 22.4 Å². The van der Waals surface area contributed by atoms with Gasteiger partial charge in [-0.05, 0) is 48.2 Å². The number of halogens is 3. The second-order valence-corrected chi connectivity index (χ2v) is 5.65. The second-order valence-electron chi connectivity index (χ2n) is 4.87. The topological polar surface area (TPSA) is 12.0 Å². The average Bonchev–Trinajstić information content (AvgIpc) is 2.81. The van der Waals surface area contributed by atoms with Gasteiger partial charge in [-0.2, -0.15) is 24.5 Å². The second kappa shape index (κ2) is 6.06. The minimum Gasteiger partial charge on any atom is -0.313 e. The van der Waals surface area contributed by atoms with Crippen molar-refractivity contribution >= 4 is 11.3 Å². The molecule has 1 aromatic rings. The fraction of sp³-hybridized carbons (Fsp3) is 0.692. The Kier molecular flexibility index (Phi) is 4.67. The molecule has 1 aliphatic rings. The molecule has 0 saturated heterocycles. The molecule has 1 saturated carbocycles. The van der Waals surface area contributed by atoms with Gasteiger partial charge in [0.25, 0.3) is 0 Å². The number of thiophene rings is 1. The Morgan fingerprint density at radius 3 is 2.72 bits per heavy atom. The zero-order valence-corrected chi connectivity index (χ0v) is 11.0. The highest BCUT2D eigenvalue weighted by molar-refractivity contribution is 7.07. The van der Waals surface area contributed by atoms with E-state index in [1.165, 1.54) is 5.56 Å². The molecule has 0 aliphatic heterocycles. The number of nitrogens with one attached hydrogen (secondary N) is 1. The standard InChI is InChI=1S/C13H18F3NS/c14-13(15,16)11-3-1-2-4-12(11)17-7-5-10-6-8-18-9-10/h6,8-9,11-12,17H,1-5,7H2. The molecule has 0 bridgehead atoms. The van der Waals surface area contributed by atoms with Gasteiger partial charge in [0.15, 0.2) is 0 Å². The molecule has 2 rings (SSSR count). The van der Waals surface area contributed by atoms with Crippen LogP contribution in [0, 0.1) is 5.92 Å². The molecule has 1 N–H and O–H groups in total. The van der Waals surface area contributed by atoms with E-state index in [1.807, 2.05) is 16.8 Å². The summed E-state index contributed by atoms with van der Waals surface area (Å²) in [6, 6.07) is 1.63. The first-order chi connectivity index (χ1) is 8.57. The van der Waals surface area contributed by atoms with Gasteiger partial charge in [-0.25, -0.2) is 0 Å². The van der Waals surface area contributed by atoms with Gasteiger partial charge >= 0.3 is 6.18 Å². The molecule has 102 valence electrons. The van der Waals surface area contributed by atoms with Crippen molar-refractivity contribution < 1.29 is 13.2 Å². The van der Waals surface area contributed by atoms with Crippen molar-refractivity contribution in [2.45, 2.75) is 44.3 Å². The van der Waals surface area contributed by atoms with Crippen molar-refractivity contribution in [1.82, 2.24) is 5.32 Å². The summed E-state index contributed by atoms with van der Waals surface area (Å²) >= 11 is 1.62. The van der Waals surface area contributed by atoms with Gasteiger partial charge in [-0.3, -0.25) is 0 Å². The maximum absolute atomic E-state index is 12.9. The summed E-state index contributed by atoms with van der Waals surface area (Å²) in [5, 5.41) is 7.14. The summed E-state index contributed by atoms with van der Waals surface area (Å²) in [6.07, 6.45) is -0.714. The molecule has 0 radical (unpaired) electrons. The molecule has 2 atom stereocenters. The van der Waals surface area contributed by atoms with E-state index in [0.717, 1.165) is 12.8 Å². The van der Waals surface area contributed by atoms with Crippen LogP contribution >= 0.6 is 11.3 Å². The smallest absolute Gasteiger partial charge is 0.313 e. The first-order valence-corrected chi connectivity index (χ1v) is 7.33. The summed E-state index contributed by atoms with van der Waals surface area (Å²) in [5.74, 6) is -1.16. The molecule has 0 amide bonds. The van der Waals surface area contributed by atoms with Gasteiger partial charge in [0.1, 0.15) is 0 Å². The van der Waals surface area contributed by atoms with Crippen LogP contribution in [0.1, 0.15) is 31.2 Å². The highest BCUT2D eigenvalue weighted by Crippen LogP contribution is 2.37. The van der Waals surface area contributed by atoms with Crippen LogP contribution in [0.4, 0.5) is 13.2 Å². The first-order valence-electron chi connectivity index (χ1n) is 6.38. The molecule has 5 heteroatoms. The molecule has 0 aromatic carbocycles. The van der Waals surface area contributed by atoms with Gasteiger partial charge in [-0.15, -0.1) is 0 Å². The van der Waals surface area contributed by atoms with Crippen molar-refractivity contribution in [3.8, 4) is 0 Å². The Morgan fingerprint density at radius 1 is 1.28 bits per heavy atom. The Morgan fingerprint density at radius 2 is 2.06 bits per heavy atom. The number of alkyl halides is 3. The first kappa shape index (κ1) is 13.9. The van der Waals surface area contributed by atoms with Crippen LogP contribution in [0.3, 0.4) is 0 Å². The van der Waals surface area contributed by atoms with Crippen molar-refractivity contribution in [1.29, 1.82) is 0 Å². The van der Waals surface area contributed by atoms with Gasteiger partial charge < -0.3 is 5.32 Å². The zero-order chi connectivity index (χ0) is 13.0. The third-order valence-electron chi connectivity index (χ3n) is 3.59. The van der Waals surface area contributed by atoms with Gasteiger partial charge in [0.05, 0.1) is 5.92 Å². The highest BCUT2D eigenvalue weighted by atomic mass is 32.1. The molecule has 18 heavy (non-hydrogen) atoms. The summed E-state index contributed by atoms with van der Waals surface area (Å²) in [4.78, 5) is 0. The molecule has 1 aliphatic carbocycles. The SMILES string of the molecule is FC(F)(F)C1CCCCC1NCCc1ccsc1. The predicted octanol–water partition coefficient (Wildman–Crippen LogP) is 4.00. The summed E-state index contributed by atoms with van der Waals surface area (Å²) in [5.41, 5.74) is 1.20. The maximum Gasteiger partial charge on any atom is 0.393 e. The van der Waals surface area contributed by atoms with E-state index >= 15 is 0 Å². The maximum atomic E-state index is 12.9. The lowest BCUT2D eigenvalue weighted by atomic mass is 9.84. The zero-order valence-electron chi connectivity index (χ0n) is 10.2. The fourth-order valence-electron chi connectivity index (χ4n) is 2.60. The molecular weight excluding hydrogens is 259 g/mol. The van der Waals surface area contributed by atoms with Crippen LogP contribution in [0.5, 0.6) is 0 Å². The average molecular weight is 277 g/mol. The van der Waals surface area contributed by atoms with Gasteiger partial charge in [0.2, 0.25) is 0 Å². The van der Waals surface area contributed by atoms with Crippen LogP contribution in [-0.2, 0) is 6.42 Å². The van der Waals surface area contributed by atoms with Gasteiger partial charge in [-0.1, -0.05) is 12.8 Å². The number of hydrogen-bond donors (Lipinski definition) is 1. The lowest BCUT2D eigenvalue weighted by molar-refractivity contribution is -0.188. The monoisotopic (exact) mass is 277 g/mol. The third kappa shape index (κ3) is 3.72. The van der Waals surface area contributed by atoms with E-state index in [2.05, 4.69) is 5.32 Å². The number of rotatable bonds is 4. The Labute approximate surface area is 109 Å². The van der Waals surface area contributed by atoms with Crippen molar-refractivity contribution in [2.24, 2.45) is 5.92 Å². The normalized spacial score (nSPS) is 25.3. The van der Waals surface area contributed by atoms with Crippen molar-refractivity contribution in [3.63, 3.8) is 0 Å². The van der Waals surface area contributed by atoms with E-state index in [9.17, 15) is 13.2 Å². The minimum absolute atomic E-state index is 0.277. The largest absolute Gasteiger partial charge is 0.393 e. The lowest BCUT2D eigenvalue weighted by Crippen LogP contribution is -2.46. The highest BCUT2D eigenvalue weighted by Gasteiger charge is 2.45. The summed E-state index contributed by atoms with van der Waals surface area (Å²) < 4.78 is 38.6. The minimum atomic E-state index is -4.06. The van der Waals surface area contributed by atoms with E-state index in [1.54, 1.807) is 11.3 Å². The molecule has 1 fully saturated rings. The Hall–Kier alpha value is -0.550. The molecule has 1 nitrogen and oxygen atoms in total. The van der Waals surface area contributed by atoms with Crippen LogP contribution in [-0.4, -0.2) is 18.8 Å². The van der Waals surface area contributed by atoms with Crippen LogP contribution in [0.25, 0.3) is 0 Å². The van der Waals surface area contributed by atoms with E-state index < -0.39 is 18.1 Å². The quantitative estimate of drug-likeness (QED) is 0.877. The molecule has 2 unspecified atom stereocenters. The molecule has 0 spiro atoms. The Balaban J connectivity index is 1.82. The Bertz CT molecular complexity index is 348. The molecule has 1 heterocycles. The fourth-order valence-corrected chi connectivity index (χ4v) is 3.31. The van der Waals surface area contributed by atoms with Crippen molar-refractivity contribution in [2.75, 3.05) is 6.54 Å². The third-order valence-corrected chi connectivity index (χ3v) is 4.32. The summed E-state index contributed by atoms with van der Waals surface area (Å²) in [6.45, 7) is 0.633. The van der Waals surface area contributed by atoms with E-state index in [4.69, 9.17) is 0 Å². The molecular formula is C13H18F3NS. The van der Waals surface area contributed by atoms with Crippen LogP contribution < -0.4 is 5.32 Å². The van der Waals surface area contributed by atoms with E-state index in [-0.39, 0.29) is 6.42 Å².